The van der Waals surface area contributed by atoms with Crippen LogP contribution in [0.15, 0.2) is 48.5 Å². The first-order valence-electron chi connectivity index (χ1n) is 9.10. The van der Waals surface area contributed by atoms with Crippen LogP contribution in [0.3, 0.4) is 0 Å². The van der Waals surface area contributed by atoms with Gasteiger partial charge in [0, 0.05) is 30.8 Å². The molecule has 0 aliphatic carbocycles. The van der Waals surface area contributed by atoms with Gasteiger partial charge < -0.3 is 19.5 Å². The zero-order valence-electron chi connectivity index (χ0n) is 15.8. The molecule has 0 saturated carbocycles. The fourth-order valence-electron chi connectivity index (χ4n) is 3.65. The minimum atomic E-state index is -0.583. The molecular formula is C21H28N2O3. The Kier molecular flexibility index (Phi) is 6.14. The molecule has 0 aromatic heterocycles. The largest absolute Gasteiger partial charge is 0.496 e. The Balaban J connectivity index is 2.02. The zero-order valence-corrected chi connectivity index (χ0v) is 15.8. The maximum atomic E-state index is 6.44. The second kappa shape index (κ2) is 8.54. The Morgan fingerprint density at radius 2 is 1.73 bits per heavy atom. The first-order valence-corrected chi connectivity index (χ1v) is 9.10. The van der Waals surface area contributed by atoms with E-state index in [0.29, 0.717) is 13.2 Å². The smallest absolute Gasteiger partial charge is 0.164 e. The number of hydrogen-bond acceptors (Lipinski definition) is 5. The number of methoxy groups -OCH3 is 2. The highest BCUT2D eigenvalue weighted by Crippen LogP contribution is 2.38. The molecule has 140 valence electrons. The normalized spacial score (nSPS) is 20.2. The summed E-state index contributed by atoms with van der Waals surface area (Å²) in [5.74, 6) is 1.74. The van der Waals surface area contributed by atoms with Crippen molar-refractivity contribution in [2.24, 2.45) is 0 Å². The average Bonchev–Trinajstić information content (AvgIpc) is 2.72. The third-order valence-corrected chi connectivity index (χ3v) is 4.96. The molecule has 1 N–H and O–H groups in total. The monoisotopic (exact) mass is 356 g/mol. The van der Waals surface area contributed by atoms with Crippen LogP contribution in [0.4, 0.5) is 0 Å². The SMILES string of the molecule is CCN(Cc1ccccc1OC)C1(c2ccccc2OC)CNCCO1. The molecule has 0 radical (unpaired) electrons. The maximum absolute atomic E-state index is 6.44. The molecule has 0 spiro atoms. The molecule has 1 saturated heterocycles. The number of ether oxygens (including phenoxy) is 3. The number of benzene rings is 2. The summed E-state index contributed by atoms with van der Waals surface area (Å²) in [5, 5.41) is 3.50. The van der Waals surface area contributed by atoms with E-state index in [2.05, 4.69) is 29.3 Å². The molecule has 1 unspecified atom stereocenters. The second-order valence-corrected chi connectivity index (χ2v) is 6.34. The van der Waals surface area contributed by atoms with Crippen molar-refractivity contribution in [3.8, 4) is 11.5 Å². The van der Waals surface area contributed by atoms with Gasteiger partial charge in [-0.05, 0) is 18.7 Å². The zero-order chi connectivity index (χ0) is 18.4. The van der Waals surface area contributed by atoms with Crippen LogP contribution in [-0.4, -0.2) is 45.4 Å². The number of nitrogens with zero attached hydrogens (tertiary/aromatic N) is 1. The van der Waals surface area contributed by atoms with Crippen LogP contribution in [0.5, 0.6) is 11.5 Å². The van der Waals surface area contributed by atoms with Crippen LogP contribution in [0.25, 0.3) is 0 Å². The van der Waals surface area contributed by atoms with E-state index >= 15 is 0 Å². The van der Waals surface area contributed by atoms with Crippen molar-refractivity contribution in [3.05, 3.63) is 59.7 Å². The van der Waals surface area contributed by atoms with Gasteiger partial charge in [-0.15, -0.1) is 0 Å². The molecule has 1 aliphatic rings. The van der Waals surface area contributed by atoms with Gasteiger partial charge in [0.1, 0.15) is 11.5 Å². The van der Waals surface area contributed by atoms with Gasteiger partial charge in [0.15, 0.2) is 5.72 Å². The van der Waals surface area contributed by atoms with E-state index in [0.717, 1.165) is 42.3 Å². The van der Waals surface area contributed by atoms with Gasteiger partial charge >= 0.3 is 0 Å². The highest BCUT2D eigenvalue weighted by molar-refractivity contribution is 5.39. The molecule has 1 heterocycles. The summed E-state index contributed by atoms with van der Waals surface area (Å²) in [7, 11) is 3.42. The third kappa shape index (κ3) is 3.56. The molecular weight excluding hydrogens is 328 g/mol. The molecule has 3 rings (SSSR count). The van der Waals surface area contributed by atoms with Crippen molar-refractivity contribution in [2.75, 3.05) is 40.5 Å². The first-order chi connectivity index (χ1) is 12.7. The van der Waals surface area contributed by atoms with Gasteiger partial charge in [-0.3, -0.25) is 4.90 Å². The van der Waals surface area contributed by atoms with Crippen LogP contribution in [0, 0.1) is 0 Å². The summed E-state index contributed by atoms with van der Waals surface area (Å²) in [5.41, 5.74) is 1.60. The number of nitrogens with one attached hydrogen (secondary N) is 1. The Morgan fingerprint density at radius 3 is 2.38 bits per heavy atom. The molecule has 1 aliphatic heterocycles. The maximum Gasteiger partial charge on any atom is 0.164 e. The van der Waals surface area contributed by atoms with Crippen molar-refractivity contribution in [1.29, 1.82) is 0 Å². The van der Waals surface area contributed by atoms with Crippen molar-refractivity contribution in [3.63, 3.8) is 0 Å². The van der Waals surface area contributed by atoms with E-state index in [1.54, 1.807) is 14.2 Å². The molecule has 0 amide bonds. The van der Waals surface area contributed by atoms with Gasteiger partial charge in [-0.2, -0.15) is 0 Å². The second-order valence-electron chi connectivity index (χ2n) is 6.34. The van der Waals surface area contributed by atoms with Gasteiger partial charge in [0.25, 0.3) is 0 Å². The summed E-state index contributed by atoms with van der Waals surface area (Å²) >= 11 is 0. The van der Waals surface area contributed by atoms with E-state index in [-0.39, 0.29) is 0 Å². The summed E-state index contributed by atoms with van der Waals surface area (Å²) in [6.07, 6.45) is 0. The minimum Gasteiger partial charge on any atom is -0.496 e. The summed E-state index contributed by atoms with van der Waals surface area (Å²) in [6, 6.07) is 16.3. The van der Waals surface area contributed by atoms with Gasteiger partial charge in [-0.25, -0.2) is 0 Å². The first kappa shape index (κ1) is 18.7. The van der Waals surface area contributed by atoms with Crippen molar-refractivity contribution in [2.45, 2.75) is 19.2 Å². The fourth-order valence-corrected chi connectivity index (χ4v) is 3.65. The van der Waals surface area contributed by atoms with E-state index in [1.165, 1.54) is 0 Å². The summed E-state index contributed by atoms with van der Waals surface area (Å²) in [6.45, 7) is 5.92. The Morgan fingerprint density at radius 1 is 1.04 bits per heavy atom. The van der Waals surface area contributed by atoms with Crippen LogP contribution >= 0.6 is 0 Å². The number of likely N-dealkylation sites (N-methyl/N-ethyl adjacent to an activating group) is 1. The molecule has 1 fully saturated rings. The molecule has 2 aromatic rings. The Bertz CT molecular complexity index is 714. The lowest BCUT2D eigenvalue weighted by atomic mass is 9.97. The predicted octanol–water partition coefficient (Wildman–Crippen LogP) is 3.00. The molecule has 0 bridgehead atoms. The van der Waals surface area contributed by atoms with Crippen molar-refractivity contribution >= 4 is 0 Å². The van der Waals surface area contributed by atoms with Gasteiger partial charge in [-0.1, -0.05) is 43.3 Å². The highest BCUT2D eigenvalue weighted by Gasteiger charge is 2.42. The standard InChI is InChI=1S/C21H28N2O3/c1-4-23(15-17-9-5-7-11-19(17)24-2)21(16-22-13-14-26-21)18-10-6-8-12-20(18)25-3/h5-12,22H,4,13-16H2,1-3H3. The van der Waals surface area contributed by atoms with Crippen molar-refractivity contribution in [1.82, 2.24) is 10.2 Å². The van der Waals surface area contributed by atoms with Crippen molar-refractivity contribution < 1.29 is 14.2 Å². The molecule has 5 heteroatoms. The van der Waals surface area contributed by atoms with E-state index in [1.807, 2.05) is 36.4 Å². The predicted molar refractivity (Wildman–Crippen MR) is 103 cm³/mol. The fraction of sp³-hybridized carbons (Fsp3) is 0.429. The van der Waals surface area contributed by atoms with Gasteiger partial charge in [0.2, 0.25) is 0 Å². The Hall–Kier alpha value is -2.08. The quantitative estimate of drug-likeness (QED) is 0.826. The average molecular weight is 356 g/mol. The van der Waals surface area contributed by atoms with Gasteiger partial charge in [0.05, 0.1) is 20.8 Å². The molecule has 26 heavy (non-hydrogen) atoms. The Labute approximate surface area is 155 Å². The van der Waals surface area contributed by atoms with Crippen LogP contribution in [0.1, 0.15) is 18.1 Å². The van der Waals surface area contributed by atoms with E-state index in [9.17, 15) is 0 Å². The number of rotatable bonds is 7. The van der Waals surface area contributed by atoms with E-state index < -0.39 is 5.72 Å². The third-order valence-electron chi connectivity index (χ3n) is 4.96. The minimum absolute atomic E-state index is 0.583. The van der Waals surface area contributed by atoms with Crippen LogP contribution in [-0.2, 0) is 17.0 Å². The summed E-state index contributed by atoms with van der Waals surface area (Å²) < 4.78 is 17.6. The number of hydrogen-bond donors (Lipinski definition) is 1. The lowest BCUT2D eigenvalue weighted by Gasteiger charge is -2.46. The molecule has 1 atom stereocenters. The number of morpholine rings is 1. The summed E-state index contributed by atoms with van der Waals surface area (Å²) in [4.78, 5) is 2.34. The van der Waals surface area contributed by atoms with Crippen LogP contribution in [0.2, 0.25) is 0 Å². The molecule has 2 aromatic carbocycles. The lowest BCUT2D eigenvalue weighted by molar-refractivity contribution is -0.181. The molecule has 5 nitrogen and oxygen atoms in total. The topological polar surface area (TPSA) is 43.0 Å². The highest BCUT2D eigenvalue weighted by atomic mass is 16.5. The van der Waals surface area contributed by atoms with E-state index in [4.69, 9.17) is 14.2 Å². The lowest BCUT2D eigenvalue weighted by Crippen LogP contribution is -2.58. The number of para-hydroxylation sites is 2. The van der Waals surface area contributed by atoms with Crippen LogP contribution < -0.4 is 14.8 Å².